The van der Waals surface area contributed by atoms with Gasteiger partial charge >= 0.3 is 0 Å². The number of anilines is 1. The van der Waals surface area contributed by atoms with Crippen molar-refractivity contribution in [2.45, 2.75) is 27.3 Å². The van der Waals surface area contributed by atoms with Gasteiger partial charge in [0.25, 0.3) is 5.56 Å². The van der Waals surface area contributed by atoms with Gasteiger partial charge < -0.3 is 10.3 Å². The number of carbonyl (C=O) groups is 1. The number of hydrogen-bond donors (Lipinski definition) is 2. The SMILES string of the molecule is Cc1ccc(-c2c(C)sc3nc(CN(C)CC(=O)Nc4cccc(C)n4)[nH]c(=O)c23)cc1. The quantitative estimate of drug-likeness (QED) is 0.465. The summed E-state index contributed by atoms with van der Waals surface area (Å²) in [4.78, 5) is 40.7. The van der Waals surface area contributed by atoms with Gasteiger partial charge in [-0.15, -0.1) is 11.3 Å². The standard InChI is InChI=1S/C24H25N5O2S/c1-14-8-10-17(11-9-14)21-16(3)32-24-22(21)23(31)27-19(28-24)12-29(4)13-20(30)26-18-7-5-6-15(2)25-18/h5-11H,12-13H2,1-4H3,(H,25,26,30)(H,27,28,31). The van der Waals surface area contributed by atoms with Crippen molar-refractivity contribution in [3.63, 3.8) is 0 Å². The van der Waals surface area contributed by atoms with Crippen molar-refractivity contribution in [3.05, 3.63) is 74.8 Å². The minimum Gasteiger partial charge on any atom is -0.310 e. The van der Waals surface area contributed by atoms with Crippen LogP contribution in [0.1, 0.15) is 22.0 Å². The van der Waals surface area contributed by atoms with Crippen LogP contribution in [0.5, 0.6) is 0 Å². The molecule has 4 aromatic rings. The van der Waals surface area contributed by atoms with Gasteiger partial charge in [-0.05, 0) is 45.5 Å². The van der Waals surface area contributed by atoms with Crippen LogP contribution in [0.2, 0.25) is 0 Å². The molecule has 164 valence electrons. The molecule has 0 aliphatic rings. The van der Waals surface area contributed by atoms with Crippen molar-refractivity contribution in [1.82, 2.24) is 19.9 Å². The number of fused-ring (bicyclic) bond motifs is 1. The summed E-state index contributed by atoms with van der Waals surface area (Å²) >= 11 is 1.51. The predicted molar refractivity (Wildman–Crippen MR) is 129 cm³/mol. The van der Waals surface area contributed by atoms with Crippen LogP contribution in [0, 0.1) is 20.8 Å². The average Bonchev–Trinajstić information content (AvgIpc) is 3.04. The number of benzene rings is 1. The van der Waals surface area contributed by atoms with Gasteiger partial charge in [-0.3, -0.25) is 14.5 Å². The van der Waals surface area contributed by atoms with Gasteiger partial charge in [0.05, 0.1) is 18.5 Å². The summed E-state index contributed by atoms with van der Waals surface area (Å²) in [6.07, 6.45) is 0. The molecule has 4 rings (SSSR count). The van der Waals surface area contributed by atoms with E-state index < -0.39 is 0 Å². The Morgan fingerprint density at radius 1 is 1.09 bits per heavy atom. The van der Waals surface area contributed by atoms with Crippen molar-refractivity contribution in [2.24, 2.45) is 0 Å². The molecule has 0 aliphatic heterocycles. The first kappa shape index (κ1) is 21.9. The highest BCUT2D eigenvalue weighted by Gasteiger charge is 2.17. The highest BCUT2D eigenvalue weighted by Crippen LogP contribution is 2.35. The Morgan fingerprint density at radius 2 is 1.84 bits per heavy atom. The molecule has 0 saturated heterocycles. The summed E-state index contributed by atoms with van der Waals surface area (Å²) in [7, 11) is 1.81. The zero-order chi connectivity index (χ0) is 22.8. The van der Waals surface area contributed by atoms with Crippen LogP contribution >= 0.6 is 11.3 Å². The third-order valence-corrected chi connectivity index (χ3v) is 6.12. The predicted octanol–water partition coefficient (Wildman–Crippen LogP) is 4.04. The molecule has 0 spiro atoms. The summed E-state index contributed by atoms with van der Waals surface area (Å²) in [5.41, 5.74) is 3.79. The number of pyridine rings is 1. The minimum absolute atomic E-state index is 0.148. The van der Waals surface area contributed by atoms with Crippen LogP contribution in [0.4, 0.5) is 5.82 Å². The van der Waals surface area contributed by atoms with Crippen LogP contribution in [0.15, 0.2) is 47.3 Å². The van der Waals surface area contributed by atoms with Gasteiger partial charge in [-0.1, -0.05) is 35.9 Å². The number of aryl methyl sites for hydroxylation is 3. The topological polar surface area (TPSA) is 91.0 Å². The van der Waals surface area contributed by atoms with Crippen LogP contribution in [-0.2, 0) is 11.3 Å². The largest absolute Gasteiger partial charge is 0.310 e. The van der Waals surface area contributed by atoms with Crippen molar-refractivity contribution in [3.8, 4) is 11.1 Å². The van der Waals surface area contributed by atoms with E-state index in [1.165, 1.54) is 16.9 Å². The Labute approximate surface area is 190 Å². The Balaban J connectivity index is 1.52. The molecule has 2 N–H and O–H groups in total. The molecule has 32 heavy (non-hydrogen) atoms. The Hall–Kier alpha value is -3.36. The van der Waals surface area contributed by atoms with Gasteiger partial charge in [0.1, 0.15) is 16.5 Å². The molecule has 1 aromatic carbocycles. The fourth-order valence-electron chi connectivity index (χ4n) is 3.66. The molecule has 0 bridgehead atoms. The first-order chi connectivity index (χ1) is 15.3. The minimum atomic E-state index is -0.178. The molecule has 8 heteroatoms. The molecule has 1 amide bonds. The average molecular weight is 448 g/mol. The monoisotopic (exact) mass is 447 g/mol. The molecular weight excluding hydrogens is 422 g/mol. The molecular formula is C24H25N5O2S. The zero-order valence-corrected chi connectivity index (χ0v) is 19.3. The van der Waals surface area contributed by atoms with E-state index in [0.29, 0.717) is 28.4 Å². The number of amides is 1. The molecule has 3 heterocycles. The van der Waals surface area contributed by atoms with Crippen LogP contribution in [0.3, 0.4) is 0 Å². The molecule has 0 unspecified atom stereocenters. The van der Waals surface area contributed by atoms with Crippen molar-refractivity contribution in [1.29, 1.82) is 0 Å². The lowest BCUT2D eigenvalue weighted by atomic mass is 10.0. The first-order valence-electron chi connectivity index (χ1n) is 10.3. The number of carbonyl (C=O) groups excluding carboxylic acids is 1. The maximum absolute atomic E-state index is 13.0. The molecule has 3 aromatic heterocycles. The van der Waals surface area contributed by atoms with E-state index in [4.69, 9.17) is 0 Å². The van der Waals surface area contributed by atoms with Gasteiger partial charge in [-0.25, -0.2) is 9.97 Å². The lowest BCUT2D eigenvalue weighted by Crippen LogP contribution is -2.31. The van der Waals surface area contributed by atoms with Gasteiger partial charge in [-0.2, -0.15) is 0 Å². The highest BCUT2D eigenvalue weighted by atomic mass is 32.1. The normalized spacial score (nSPS) is 11.3. The molecule has 0 fully saturated rings. The molecule has 0 atom stereocenters. The second kappa shape index (κ2) is 9.02. The van der Waals surface area contributed by atoms with Gasteiger partial charge in [0, 0.05) is 16.1 Å². The number of aromatic nitrogens is 3. The van der Waals surface area contributed by atoms with Crippen molar-refractivity contribution in [2.75, 3.05) is 18.9 Å². The van der Waals surface area contributed by atoms with E-state index in [-0.39, 0.29) is 18.0 Å². The number of nitrogens with zero attached hydrogens (tertiary/aromatic N) is 3. The summed E-state index contributed by atoms with van der Waals surface area (Å²) in [6.45, 7) is 6.41. The third-order valence-electron chi connectivity index (χ3n) is 5.12. The fraction of sp³-hybridized carbons (Fsp3) is 0.250. The van der Waals surface area contributed by atoms with Crippen molar-refractivity contribution >= 4 is 33.3 Å². The number of likely N-dealkylation sites (N-methyl/N-ethyl adjacent to an activating group) is 1. The van der Waals surface area contributed by atoms with Gasteiger partial charge in [0.2, 0.25) is 5.91 Å². The van der Waals surface area contributed by atoms with Crippen molar-refractivity contribution < 1.29 is 4.79 Å². The lowest BCUT2D eigenvalue weighted by Gasteiger charge is -2.15. The van der Waals surface area contributed by atoms with E-state index in [9.17, 15) is 9.59 Å². The van der Waals surface area contributed by atoms with Crippen LogP contribution in [0.25, 0.3) is 21.3 Å². The number of hydrogen-bond acceptors (Lipinski definition) is 6. The van der Waals surface area contributed by atoms with E-state index in [2.05, 4.69) is 20.3 Å². The number of H-pyrrole nitrogens is 1. The molecule has 0 aliphatic carbocycles. The number of thiophene rings is 1. The molecule has 0 radical (unpaired) electrons. The first-order valence-corrected chi connectivity index (χ1v) is 11.1. The Morgan fingerprint density at radius 3 is 2.56 bits per heavy atom. The summed E-state index contributed by atoms with van der Waals surface area (Å²) in [5.74, 6) is 0.875. The zero-order valence-electron chi connectivity index (χ0n) is 18.5. The van der Waals surface area contributed by atoms with Gasteiger partial charge in [0.15, 0.2) is 0 Å². The van der Waals surface area contributed by atoms with E-state index >= 15 is 0 Å². The van der Waals surface area contributed by atoms with E-state index in [0.717, 1.165) is 21.7 Å². The summed E-state index contributed by atoms with van der Waals surface area (Å²) in [5, 5.41) is 3.41. The Kier molecular flexibility index (Phi) is 6.16. The smallest absolute Gasteiger partial charge is 0.260 e. The maximum Gasteiger partial charge on any atom is 0.260 e. The lowest BCUT2D eigenvalue weighted by molar-refractivity contribution is -0.117. The fourth-order valence-corrected chi connectivity index (χ4v) is 4.72. The highest BCUT2D eigenvalue weighted by molar-refractivity contribution is 7.19. The Bertz CT molecular complexity index is 1340. The second-order valence-corrected chi connectivity index (χ2v) is 9.18. The summed E-state index contributed by atoms with van der Waals surface area (Å²) < 4.78 is 0. The number of nitrogens with one attached hydrogen (secondary N) is 2. The van der Waals surface area contributed by atoms with Crippen LogP contribution < -0.4 is 10.9 Å². The molecule has 0 saturated carbocycles. The second-order valence-electron chi connectivity index (χ2n) is 7.98. The number of rotatable bonds is 6. The van der Waals surface area contributed by atoms with E-state index in [1.54, 1.807) is 11.0 Å². The van der Waals surface area contributed by atoms with E-state index in [1.807, 2.05) is 64.2 Å². The maximum atomic E-state index is 13.0. The number of aromatic amines is 1. The molecule has 7 nitrogen and oxygen atoms in total. The van der Waals surface area contributed by atoms with Crippen LogP contribution in [-0.4, -0.2) is 39.4 Å². The third kappa shape index (κ3) is 4.76. The summed E-state index contributed by atoms with van der Waals surface area (Å²) in [6, 6.07) is 13.6.